The van der Waals surface area contributed by atoms with Gasteiger partial charge in [0.1, 0.15) is 0 Å². The van der Waals surface area contributed by atoms with Crippen molar-refractivity contribution in [2.75, 3.05) is 0 Å². The minimum atomic E-state index is -1.03. The van der Waals surface area contributed by atoms with Crippen LogP contribution in [-0.2, 0) is 9.59 Å². The first-order chi connectivity index (χ1) is 6.86. The number of hydrogen-bond acceptors (Lipinski definition) is 2. The van der Waals surface area contributed by atoms with Gasteiger partial charge in [0.25, 0.3) is 0 Å². The average molecular weight is 346 g/mol. The summed E-state index contributed by atoms with van der Waals surface area (Å²) >= 11 is 6.12. The quantitative estimate of drug-likeness (QED) is 0.524. The molecule has 0 saturated heterocycles. The third-order valence-corrected chi connectivity index (χ3v) is 3.42. The normalized spacial score (nSPS) is 11.3. The van der Waals surface area contributed by atoms with Gasteiger partial charge in [0.05, 0.1) is 0 Å². The van der Waals surface area contributed by atoms with E-state index >= 15 is 0 Å². The summed E-state index contributed by atoms with van der Waals surface area (Å²) in [6, 6.07) is 0. The van der Waals surface area contributed by atoms with Crippen LogP contribution < -0.4 is 0 Å². The Morgan fingerprint density at radius 3 is 2.00 bits per heavy atom. The zero-order valence-electron chi connectivity index (χ0n) is 8.21. The second-order valence-electron chi connectivity index (χ2n) is 3.32. The van der Waals surface area contributed by atoms with Crippen LogP contribution in [0.4, 0.5) is 0 Å². The molecule has 0 aliphatic heterocycles. The van der Waals surface area contributed by atoms with E-state index in [1.165, 1.54) is 0 Å². The van der Waals surface area contributed by atoms with E-state index in [1.54, 1.807) is 0 Å². The molecule has 0 aliphatic rings. The largest absolute Gasteiger partial charge is 0.481 e. The van der Waals surface area contributed by atoms with Crippen molar-refractivity contribution < 1.29 is 19.8 Å². The van der Waals surface area contributed by atoms with Gasteiger partial charge in [-0.05, 0) is 12.8 Å². The molecule has 0 aromatic rings. The summed E-state index contributed by atoms with van der Waals surface area (Å²) in [7, 11) is 0. The Balaban J connectivity index is 3.46. The van der Waals surface area contributed by atoms with Crippen molar-refractivity contribution >= 4 is 43.8 Å². The molecule has 0 radical (unpaired) electrons. The summed E-state index contributed by atoms with van der Waals surface area (Å²) in [6.45, 7) is 0. The first-order valence-corrected chi connectivity index (χ1v) is 6.28. The molecule has 0 rings (SSSR count). The maximum Gasteiger partial charge on any atom is 0.331 e. The third-order valence-electron chi connectivity index (χ3n) is 1.94. The molecule has 0 heterocycles. The molecule has 0 amide bonds. The van der Waals surface area contributed by atoms with Crippen LogP contribution in [0.2, 0.25) is 0 Å². The monoisotopic (exact) mass is 344 g/mol. The molecule has 15 heavy (non-hydrogen) atoms. The van der Waals surface area contributed by atoms with Gasteiger partial charge >= 0.3 is 11.9 Å². The van der Waals surface area contributed by atoms with Gasteiger partial charge in [-0.3, -0.25) is 4.79 Å². The average Bonchev–Trinajstić information content (AvgIpc) is 2.10. The highest BCUT2D eigenvalue weighted by Gasteiger charge is 2.30. The minimum absolute atomic E-state index is 0.187. The molecule has 4 nitrogen and oxygen atoms in total. The number of carboxylic acid groups (broad SMARTS) is 2. The van der Waals surface area contributed by atoms with E-state index < -0.39 is 15.2 Å². The highest BCUT2D eigenvalue weighted by molar-refractivity contribution is 9.25. The first-order valence-electron chi connectivity index (χ1n) is 4.69. The lowest BCUT2D eigenvalue weighted by Gasteiger charge is -2.14. The molecule has 88 valence electrons. The fourth-order valence-electron chi connectivity index (χ4n) is 1.08. The Bertz CT molecular complexity index is 228. The lowest BCUT2D eigenvalue weighted by atomic mass is 10.1. The lowest BCUT2D eigenvalue weighted by Crippen LogP contribution is -2.23. The Morgan fingerprint density at radius 2 is 1.53 bits per heavy atom. The third kappa shape index (κ3) is 7.79. The number of aliphatic carboxylic acids is 2. The van der Waals surface area contributed by atoms with E-state index in [9.17, 15) is 9.59 Å². The van der Waals surface area contributed by atoms with Gasteiger partial charge in [-0.2, -0.15) is 0 Å². The maximum absolute atomic E-state index is 10.7. The molecule has 0 atom stereocenters. The van der Waals surface area contributed by atoms with Gasteiger partial charge < -0.3 is 10.2 Å². The predicted molar refractivity (Wildman–Crippen MR) is 63.6 cm³/mol. The van der Waals surface area contributed by atoms with Gasteiger partial charge in [-0.15, -0.1) is 0 Å². The number of alkyl halides is 2. The number of halogens is 2. The Hall–Kier alpha value is -0.100. The van der Waals surface area contributed by atoms with Crippen LogP contribution in [0.3, 0.4) is 0 Å². The molecule has 0 aromatic carbocycles. The molecule has 0 spiro atoms. The van der Waals surface area contributed by atoms with Crippen LogP contribution in [-0.4, -0.2) is 25.4 Å². The van der Waals surface area contributed by atoms with Crippen molar-refractivity contribution in [1.29, 1.82) is 0 Å². The standard InChI is InChI=1S/C9H14Br2O4/c10-9(11,8(14)15)6-4-2-1-3-5-7(12)13/h1-6H2,(H,12,13)(H,14,15). The summed E-state index contributed by atoms with van der Waals surface area (Å²) < 4.78 is -1.03. The maximum atomic E-state index is 10.7. The molecule has 2 N–H and O–H groups in total. The summed E-state index contributed by atoms with van der Waals surface area (Å²) in [6.07, 6.45) is 3.74. The van der Waals surface area contributed by atoms with Crippen LogP contribution in [0.5, 0.6) is 0 Å². The van der Waals surface area contributed by atoms with E-state index in [2.05, 4.69) is 31.9 Å². The summed E-state index contributed by atoms with van der Waals surface area (Å²) in [4.78, 5) is 20.8. The van der Waals surface area contributed by atoms with Crippen molar-refractivity contribution in [3.05, 3.63) is 0 Å². The molecular weight excluding hydrogens is 332 g/mol. The number of rotatable bonds is 8. The predicted octanol–water partition coefficient (Wildman–Crippen LogP) is 2.98. The molecule has 6 heteroatoms. The van der Waals surface area contributed by atoms with Crippen LogP contribution in [0, 0.1) is 0 Å². The second kappa shape index (κ2) is 7.22. The molecule has 0 aromatic heterocycles. The van der Waals surface area contributed by atoms with Gasteiger partial charge in [-0.25, -0.2) is 4.79 Å². The molecular formula is C9H14Br2O4. The molecule has 0 aliphatic carbocycles. The van der Waals surface area contributed by atoms with Crippen molar-refractivity contribution in [2.45, 2.75) is 41.8 Å². The molecule has 0 bridgehead atoms. The summed E-state index contributed by atoms with van der Waals surface area (Å²) in [5.41, 5.74) is 0. The van der Waals surface area contributed by atoms with Gasteiger partial charge in [0.2, 0.25) is 0 Å². The Kier molecular flexibility index (Phi) is 7.17. The zero-order valence-corrected chi connectivity index (χ0v) is 11.4. The number of unbranched alkanes of at least 4 members (excludes halogenated alkanes) is 3. The van der Waals surface area contributed by atoms with E-state index in [-0.39, 0.29) is 6.42 Å². The van der Waals surface area contributed by atoms with E-state index in [0.29, 0.717) is 12.8 Å². The fourth-order valence-corrected chi connectivity index (χ4v) is 1.64. The summed E-state index contributed by atoms with van der Waals surface area (Å²) in [5, 5.41) is 17.1. The van der Waals surface area contributed by atoms with Crippen molar-refractivity contribution in [3.8, 4) is 0 Å². The number of carbonyl (C=O) groups is 2. The highest BCUT2D eigenvalue weighted by Crippen LogP contribution is 2.32. The molecule has 0 saturated carbocycles. The lowest BCUT2D eigenvalue weighted by molar-refractivity contribution is -0.138. The topological polar surface area (TPSA) is 74.6 Å². The van der Waals surface area contributed by atoms with Crippen molar-refractivity contribution in [2.24, 2.45) is 0 Å². The smallest absolute Gasteiger partial charge is 0.331 e. The van der Waals surface area contributed by atoms with Crippen LogP contribution in [0.25, 0.3) is 0 Å². The minimum Gasteiger partial charge on any atom is -0.481 e. The van der Waals surface area contributed by atoms with Gasteiger partial charge in [-0.1, -0.05) is 51.1 Å². The van der Waals surface area contributed by atoms with Crippen molar-refractivity contribution in [3.63, 3.8) is 0 Å². The van der Waals surface area contributed by atoms with E-state index in [4.69, 9.17) is 10.2 Å². The first kappa shape index (κ1) is 14.9. The molecule has 0 unspecified atom stereocenters. The van der Waals surface area contributed by atoms with Crippen LogP contribution in [0.15, 0.2) is 0 Å². The SMILES string of the molecule is O=C(O)CCCCCCC(Br)(Br)C(=O)O. The van der Waals surface area contributed by atoms with Crippen LogP contribution in [0.1, 0.15) is 38.5 Å². The second-order valence-corrected chi connectivity index (χ2v) is 7.09. The number of carboxylic acids is 2. The van der Waals surface area contributed by atoms with Crippen molar-refractivity contribution in [1.82, 2.24) is 0 Å². The molecule has 0 fully saturated rings. The van der Waals surface area contributed by atoms with Crippen LogP contribution >= 0.6 is 31.9 Å². The van der Waals surface area contributed by atoms with E-state index in [1.807, 2.05) is 0 Å². The van der Waals surface area contributed by atoms with E-state index in [0.717, 1.165) is 19.3 Å². The Morgan fingerprint density at radius 1 is 1.00 bits per heavy atom. The fraction of sp³-hybridized carbons (Fsp3) is 0.778. The van der Waals surface area contributed by atoms with Gasteiger partial charge in [0.15, 0.2) is 3.23 Å². The highest BCUT2D eigenvalue weighted by atomic mass is 79.9. The zero-order chi connectivity index (χ0) is 11.9. The summed E-state index contributed by atoms with van der Waals surface area (Å²) in [5.74, 6) is -1.72. The van der Waals surface area contributed by atoms with Gasteiger partial charge in [0, 0.05) is 6.42 Å². The Labute approximate surface area is 105 Å². The number of hydrogen-bond donors (Lipinski definition) is 2.